The Kier molecular flexibility index (Phi) is 5.33. The van der Waals surface area contributed by atoms with Gasteiger partial charge in [-0.15, -0.1) is 0 Å². The second-order valence-electron chi connectivity index (χ2n) is 7.23. The van der Waals surface area contributed by atoms with E-state index in [-0.39, 0.29) is 11.7 Å². The summed E-state index contributed by atoms with van der Waals surface area (Å²) >= 11 is 1.55. The summed E-state index contributed by atoms with van der Waals surface area (Å²) in [6, 6.07) is 13.7. The van der Waals surface area contributed by atoms with E-state index in [1.165, 1.54) is 0 Å². The molecule has 1 aliphatic rings. The first kappa shape index (κ1) is 19.0. The maximum absolute atomic E-state index is 13.1. The number of thioether (sulfide) groups is 1. The summed E-state index contributed by atoms with van der Waals surface area (Å²) in [6.07, 6.45) is 7.41. The molecule has 1 atom stereocenters. The molecule has 4 heterocycles. The van der Waals surface area contributed by atoms with E-state index in [4.69, 9.17) is 9.72 Å². The highest BCUT2D eigenvalue weighted by Crippen LogP contribution is 2.24. The van der Waals surface area contributed by atoms with Crippen LogP contribution in [0.25, 0.3) is 16.7 Å². The van der Waals surface area contributed by atoms with Gasteiger partial charge in [-0.2, -0.15) is 5.10 Å². The predicted molar refractivity (Wildman–Crippen MR) is 116 cm³/mol. The van der Waals surface area contributed by atoms with E-state index >= 15 is 0 Å². The Morgan fingerprint density at radius 1 is 1.13 bits per heavy atom. The fourth-order valence-electron chi connectivity index (χ4n) is 3.61. The molecule has 0 aliphatic carbocycles. The average Bonchev–Trinajstić information content (AvgIpc) is 3.49. The minimum atomic E-state index is -0.0554. The van der Waals surface area contributed by atoms with Crippen molar-refractivity contribution in [1.82, 2.24) is 24.3 Å². The molecule has 1 aliphatic heterocycles. The summed E-state index contributed by atoms with van der Waals surface area (Å²) in [5, 5.41) is 5.48. The monoisotopic (exact) mass is 419 g/mol. The number of rotatable bonds is 6. The quantitative estimate of drug-likeness (QED) is 0.352. The van der Waals surface area contributed by atoms with Crippen LogP contribution in [0.5, 0.6) is 0 Å². The largest absolute Gasteiger partial charge is 0.376 e. The van der Waals surface area contributed by atoms with Crippen LogP contribution in [0.4, 0.5) is 0 Å². The van der Waals surface area contributed by atoms with Crippen molar-refractivity contribution < 1.29 is 4.74 Å². The van der Waals surface area contributed by atoms with Crippen molar-refractivity contribution in [1.29, 1.82) is 0 Å². The SMILES string of the molecule is O=c1c2cccnc2nc(SCc2ccc(-n3cccn3)cc2)n1CC1CCCO1. The molecular formula is C22H21N5O2S. The standard InChI is InChI=1S/C22H21N5O2S/c28-21-19-5-1-10-23-20(19)25-22(26(21)14-18-4-2-13-29-18)30-15-16-6-8-17(9-7-16)27-12-3-11-24-27/h1,3,5-12,18H,2,4,13-15H2. The first-order valence-electron chi connectivity index (χ1n) is 9.97. The lowest BCUT2D eigenvalue weighted by Crippen LogP contribution is -2.29. The molecule has 0 spiro atoms. The molecule has 1 fully saturated rings. The Balaban J connectivity index is 1.41. The normalized spacial score (nSPS) is 16.3. The Morgan fingerprint density at radius 2 is 2.03 bits per heavy atom. The molecule has 1 aromatic carbocycles. The van der Waals surface area contributed by atoms with Gasteiger partial charge in [0.15, 0.2) is 10.8 Å². The first-order valence-corrected chi connectivity index (χ1v) is 11.0. The topological polar surface area (TPSA) is 74.8 Å². The Morgan fingerprint density at radius 3 is 2.80 bits per heavy atom. The lowest BCUT2D eigenvalue weighted by molar-refractivity contribution is 0.0937. The number of hydrogen-bond donors (Lipinski definition) is 0. The van der Waals surface area contributed by atoms with Crippen LogP contribution in [-0.4, -0.2) is 37.0 Å². The van der Waals surface area contributed by atoms with Crippen LogP contribution in [0.3, 0.4) is 0 Å². The van der Waals surface area contributed by atoms with Gasteiger partial charge in [-0.25, -0.2) is 14.6 Å². The van der Waals surface area contributed by atoms with E-state index < -0.39 is 0 Å². The molecule has 1 unspecified atom stereocenters. The van der Waals surface area contributed by atoms with E-state index in [0.29, 0.717) is 28.5 Å². The van der Waals surface area contributed by atoms with Crippen LogP contribution < -0.4 is 5.56 Å². The summed E-state index contributed by atoms with van der Waals surface area (Å²) in [6.45, 7) is 1.28. The Bertz CT molecular complexity index is 1200. The third kappa shape index (κ3) is 3.88. The maximum atomic E-state index is 13.1. The van der Waals surface area contributed by atoms with E-state index in [1.807, 2.05) is 29.1 Å². The van der Waals surface area contributed by atoms with Gasteiger partial charge in [0.25, 0.3) is 5.56 Å². The lowest BCUT2D eigenvalue weighted by atomic mass is 10.2. The summed E-state index contributed by atoms with van der Waals surface area (Å²) in [4.78, 5) is 22.1. The van der Waals surface area contributed by atoms with Gasteiger partial charge in [-0.3, -0.25) is 9.36 Å². The zero-order valence-corrected chi connectivity index (χ0v) is 17.2. The summed E-state index contributed by atoms with van der Waals surface area (Å²) < 4.78 is 9.35. The molecule has 0 N–H and O–H groups in total. The van der Waals surface area contributed by atoms with Gasteiger partial charge in [0, 0.05) is 31.0 Å². The van der Waals surface area contributed by atoms with Crippen molar-refractivity contribution in [2.24, 2.45) is 0 Å². The molecule has 1 saturated heterocycles. The van der Waals surface area contributed by atoms with E-state index in [0.717, 1.165) is 30.7 Å². The Hall–Kier alpha value is -2.97. The zero-order chi connectivity index (χ0) is 20.3. The van der Waals surface area contributed by atoms with Crippen molar-refractivity contribution in [2.45, 2.75) is 36.4 Å². The summed E-state index contributed by atoms with van der Waals surface area (Å²) in [5.41, 5.74) is 2.59. The van der Waals surface area contributed by atoms with Crippen molar-refractivity contribution in [3.05, 3.63) is 77.0 Å². The van der Waals surface area contributed by atoms with Gasteiger partial charge in [0.1, 0.15) is 0 Å². The van der Waals surface area contributed by atoms with Crippen LogP contribution in [-0.2, 0) is 17.0 Å². The molecule has 30 heavy (non-hydrogen) atoms. The molecule has 0 bridgehead atoms. The second kappa shape index (κ2) is 8.41. The van der Waals surface area contributed by atoms with E-state index in [9.17, 15) is 4.79 Å². The summed E-state index contributed by atoms with van der Waals surface area (Å²) in [7, 11) is 0. The van der Waals surface area contributed by atoms with Gasteiger partial charge in [0.2, 0.25) is 0 Å². The minimum absolute atomic E-state index is 0.0554. The first-order chi connectivity index (χ1) is 14.8. The number of benzene rings is 1. The molecule has 7 nitrogen and oxygen atoms in total. The van der Waals surface area contributed by atoms with Crippen LogP contribution in [0.2, 0.25) is 0 Å². The minimum Gasteiger partial charge on any atom is -0.376 e. The zero-order valence-electron chi connectivity index (χ0n) is 16.3. The van der Waals surface area contributed by atoms with Crippen LogP contribution in [0, 0.1) is 0 Å². The average molecular weight is 420 g/mol. The van der Waals surface area contributed by atoms with Crippen LogP contribution >= 0.6 is 11.8 Å². The van der Waals surface area contributed by atoms with Gasteiger partial charge in [-0.1, -0.05) is 23.9 Å². The number of ether oxygens (including phenoxy) is 1. The fraction of sp³-hybridized carbons (Fsp3) is 0.273. The van der Waals surface area contributed by atoms with Crippen molar-refractivity contribution in [3.63, 3.8) is 0 Å². The summed E-state index contributed by atoms with van der Waals surface area (Å²) in [5.74, 6) is 0.704. The number of fused-ring (bicyclic) bond motifs is 1. The number of pyridine rings is 1. The second-order valence-corrected chi connectivity index (χ2v) is 8.17. The highest BCUT2D eigenvalue weighted by molar-refractivity contribution is 7.98. The molecule has 152 valence electrons. The molecule has 0 radical (unpaired) electrons. The highest BCUT2D eigenvalue weighted by atomic mass is 32.2. The van der Waals surface area contributed by atoms with E-state index in [1.54, 1.807) is 40.9 Å². The van der Waals surface area contributed by atoms with Crippen LogP contribution in [0.1, 0.15) is 18.4 Å². The van der Waals surface area contributed by atoms with Gasteiger partial charge in [0.05, 0.1) is 23.7 Å². The van der Waals surface area contributed by atoms with Crippen molar-refractivity contribution in [3.8, 4) is 5.69 Å². The molecular weight excluding hydrogens is 398 g/mol. The third-order valence-electron chi connectivity index (χ3n) is 5.18. The third-order valence-corrected chi connectivity index (χ3v) is 6.23. The molecule has 0 saturated carbocycles. The van der Waals surface area contributed by atoms with Gasteiger partial charge >= 0.3 is 0 Å². The maximum Gasteiger partial charge on any atom is 0.263 e. The van der Waals surface area contributed by atoms with Crippen LogP contribution in [0.15, 0.2) is 71.0 Å². The van der Waals surface area contributed by atoms with Gasteiger partial charge < -0.3 is 4.74 Å². The predicted octanol–water partition coefficient (Wildman–Crippen LogP) is 3.45. The molecule has 0 amide bonds. The number of aromatic nitrogens is 5. The molecule has 3 aromatic heterocycles. The molecule has 8 heteroatoms. The van der Waals surface area contributed by atoms with E-state index in [2.05, 4.69) is 22.2 Å². The number of hydrogen-bond acceptors (Lipinski definition) is 6. The lowest BCUT2D eigenvalue weighted by Gasteiger charge is -2.16. The van der Waals surface area contributed by atoms with Gasteiger partial charge in [-0.05, 0) is 48.7 Å². The molecule has 4 aromatic rings. The molecule has 5 rings (SSSR count). The fourth-order valence-corrected chi connectivity index (χ4v) is 4.57. The van der Waals surface area contributed by atoms with Crippen molar-refractivity contribution in [2.75, 3.05) is 6.61 Å². The van der Waals surface area contributed by atoms with Crippen molar-refractivity contribution >= 4 is 22.8 Å². The smallest absolute Gasteiger partial charge is 0.263 e. The Labute approximate surface area is 177 Å². The number of nitrogens with zero attached hydrogens (tertiary/aromatic N) is 5. The highest BCUT2D eigenvalue weighted by Gasteiger charge is 2.20.